The summed E-state index contributed by atoms with van der Waals surface area (Å²) >= 11 is 0. The first-order valence-electron chi connectivity index (χ1n) is 14.2. The molecule has 11 heteroatoms. The molecule has 0 radical (unpaired) electrons. The summed E-state index contributed by atoms with van der Waals surface area (Å²) in [6.07, 6.45) is 9.13. The highest BCUT2D eigenvalue weighted by Gasteiger charge is 2.38. The van der Waals surface area contributed by atoms with Gasteiger partial charge in [0.25, 0.3) is 11.8 Å². The lowest BCUT2D eigenvalue weighted by atomic mass is 9.89. The molecule has 2 N–H and O–H groups in total. The highest BCUT2D eigenvalue weighted by atomic mass is 16.5. The van der Waals surface area contributed by atoms with E-state index >= 15 is 0 Å². The highest BCUT2D eigenvalue weighted by molar-refractivity contribution is 6.02. The third-order valence-electron chi connectivity index (χ3n) is 8.16. The van der Waals surface area contributed by atoms with Crippen LogP contribution < -0.4 is 10.2 Å². The molecule has 4 aromatic rings. The Labute approximate surface area is 248 Å². The zero-order chi connectivity index (χ0) is 29.9. The molecule has 4 heterocycles. The smallest absolute Gasteiger partial charge is 0.335 e. The van der Waals surface area contributed by atoms with E-state index in [-0.39, 0.29) is 23.5 Å². The average molecular weight is 581 g/mol. The summed E-state index contributed by atoms with van der Waals surface area (Å²) < 4.78 is 7.14. The minimum Gasteiger partial charge on any atom is -0.478 e. The van der Waals surface area contributed by atoms with Crippen LogP contribution in [0.15, 0.2) is 79.4 Å². The molecule has 2 aliphatic heterocycles. The number of carboxylic acid groups (broad SMARTS) is 1. The molecular formula is C32H32N6O5. The van der Waals surface area contributed by atoms with Crippen molar-refractivity contribution in [1.29, 1.82) is 0 Å². The van der Waals surface area contributed by atoms with Gasteiger partial charge in [-0.2, -0.15) is 5.10 Å². The molecule has 1 atom stereocenters. The Kier molecular flexibility index (Phi) is 7.89. The number of aromatic carboxylic acids is 1. The van der Waals surface area contributed by atoms with Gasteiger partial charge in [-0.3, -0.25) is 14.6 Å². The second kappa shape index (κ2) is 12.1. The van der Waals surface area contributed by atoms with E-state index in [9.17, 15) is 19.5 Å². The molecule has 2 amide bonds. The number of nitrogens with zero attached hydrogens (tertiary/aromatic N) is 5. The third-order valence-corrected chi connectivity index (χ3v) is 8.16. The van der Waals surface area contributed by atoms with Crippen LogP contribution in [0.2, 0.25) is 0 Å². The van der Waals surface area contributed by atoms with Gasteiger partial charge < -0.3 is 25.0 Å². The number of fused-ring (bicyclic) bond motifs is 1. The highest BCUT2D eigenvalue weighted by Crippen LogP contribution is 2.38. The van der Waals surface area contributed by atoms with Gasteiger partial charge in [0.1, 0.15) is 6.04 Å². The predicted octanol–water partition coefficient (Wildman–Crippen LogP) is 3.96. The number of carbonyl (C=O) groups excluding carboxylic acids is 2. The Balaban J connectivity index is 1.33. The van der Waals surface area contributed by atoms with Gasteiger partial charge in [0.2, 0.25) is 0 Å². The van der Waals surface area contributed by atoms with Gasteiger partial charge in [0.05, 0.1) is 35.3 Å². The minimum absolute atomic E-state index is 0.116. The van der Waals surface area contributed by atoms with Crippen molar-refractivity contribution in [3.8, 4) is 5.69 Å². The van der Waals surface area contributed by atoms with Gasteiger partial charge in [0.15, 0.2) is 0 Å². The van der Waals surface area contributed by atoms with Crippen LogP contribution in [0.1, 0.15) is 50.7 Å². The summed E-state index contributed by atoms with van der Waals surface area (Å²) in [6.45, 7) is 2.03. The fourth-order valence-electron chi connectivity index (χ4n) is 5.92. The lowest BCUT2D eigenvalue weighted by Crippen LogP contribution is -2.46. The number of hydrogen-bond donors (Lipinski definition) is 2. The maximum absolute atomic E-state index is 14.0. The number of nitrogens with one attached hydrogen (secondary N) is 1. The van der Waals surface area contributed by atoms with Crippen molar-refractivity contribution < 1.29 is 24.2 Å². The predicted molar refractivity (Wildman–Crippen MR) is 160 cm³/mol. The first kappa shape index (κ1) is 28.1. The van der Waals surface area contributed by atoms with Crippen molar-refractivity contribution in [2.24, 2.45) is 0 Å². The number of amides is 2. The molecule has 1 fully saturated rings. The summed E-state index contributed by atoms with van der Waals surface area (Å²) in [5.41, 5.74) is 4.52. The third kappa shape index (κ3) is 5.71. The van der Waals surface area contributed by atoms with Crippen molar-refractivity contribution in [3.05, 3.63) is 102 Å². The molecule has 0 aliphatic carbocycles. The van der Waals surface area contributed by atoms with Crippen LogP contribution in [0.4, 0.5) is 11.4 Å². The van der Waals surface area contributed by atoms with Crippen molar-refractivity contribution in [1.82, 2.24) is 19.7 Å². The van der Waals surface area contributed by atoms with Crippen molar-refractivity contribution >= 4 is 29.2 Å². The van der Waals surface area contributed by atoms with Crippen LogP contribution in [0.25, 0.3) is 5.69 Å². The van der Waals surface area contributed by atoms with E-state index in [4.69, 9.17) is 4.74 Å². The standard InChI is InChI=1S/C32H32N6O5/c1-43-25-11-15-36(16-12-25)28-6-2-5-27-26(28)13-17-37(29(27)30(39)35-23-9-7-21(8-10-23)32(41)42)31(40)22-18-34-38(20-22)24-4-3-14-33-19-24/h2-10,14,18-20,25,29H,11-13,15-17H2,1H3,(H,35,39)(H,41,42). The number of pyridine rings is 1. The maximum atomic E-state index is 14.0. The zero-order valence-corrected chi connectivity index (χ0v) is 23.7. The van der Waals surface area contributed by atoms with Gasteiger partial charge in [-0.05, 0) is 72.9 Å². The molecule has 1 unspecified atom stereocenters. The molecule has 6 rings (SSSR count). The van der Waals surface area contributed by atoms with E-state index < -0.39 is 12.0 Å². The number of rotatable bonds is 7. The van der Waals surface area contributed by atoms with Crippen LogP contribution in [0, 0.1) is 0 Å². The molecule has 1 saturated heterocycles. The molecule has 2 aromatic carbocycles. The van der Waals surface area contributed by atoms with Gasteiger partial charge in [-0.25, -0.2) is 9.48 Å². The number of carbonyl (C=O) groups is 3. The lowest BCUT2D eigenvalue weighted by Gasteiger charge is -2.40. The normalized spacial score (nSPS) is 16.9. The minimum atomic E-state index is -1.05. The molecule has 2 aliphatic rings. The first-order chi connectivity index (χ1) is 20.9. The van der Waals surface area contributed by atoms with Crippen LogP contribution >= 0.6 is 0 Å². The Hall–Kier alpha value is -5.03. The molecule has 43 heavy (non-hydrogen) atoms. The van der Waals surface area contributed by atoms with Crippen molar-refractivity contribution in [2.45, 2.75) is 31.4 Å². The van der Waals surface area contributed by atoms with Crippen LogP contribution in [0.3, 0.4) is 0 Å². The largest absolute Gasteiger partial charge is 0.478 e. The van der Waals surface area contributed by atoms with E-state index in [1.165, 1.54) is 18.3 Å². The second-order valence-electron chi connectivity index (χ2n) is 10.7. The molecule has 220 valence electrons. The number of piperidine rings is 1. The topological polar surface area (TPSA) is 130 Å². The fourth-order valence-corrected chi connectivity index (χ4v) is 5.92. The second-order valence-corrected chi connectivity index (χ2v) is 10.7. The number of aromatic nitrogens is 3. The Morgan fingerprint density at radius 3 is 2.44 bits per heavy atom. The van der Waals surface area contributed by atoms with Gasteiger partial charge in [-0.1, -0.05) is 12.1 Å². The molecule has 0 spiro atoms. The SMILES string of the molecule is COC1CCN(c2cccc3c2CCN(C(=O)c2cnn(-c4cccnc4)c2)C3C(=O)Nc2ccc(C(=O)O)cc2)CC1. The van der Waals surface area contributed by atoms with Crippen LogP contribution in [0.5, 0.6) is 0 Å². The van der Waals surface area contributed by atoms with E-state index in [0.717, 1.165) is 42.7 Å². The van der Waals surface area contributed by atoms with E-state index in [1.807, 2.05) is 18.2 Å². The monoisotopic (exact) mass is 580 g/mol. The lowest BCUT2D eigenvalue weighted by molar-refractivity contribution is -0.121. The Bertz CT molecular complexity index is 1630. The number of methoxy groups -OCH3 is 1. The van der Waals surface area contributed by atoms with E-state index in [2.05, 4.69) is 26.4 Å². The molecule has 0 bridgehead atoms. The summed E-state index contributed by atoms with van der Waals surface area (Å²) in [7, 11) is 1.75. The molecule has 0 saturated carbocycles. The Morgan fingerprint density at radius 2 is 1.74 bits per heavy atom. The first-order valence-corrected chi connectivity index (χ1v) is 14.2. The van der Waals surface area contributed by atoms with Crippen LogP contribution in [-0.4, -0.2) is 75.4 Å². The zero-order valence-electron chi connectivity index (χ0n) is 23.7. The fraction of sp³-hybridized carbons (Fsp3) is 0.281. The molecule has 2 aromatic heterocycles. The number of ether oxygens (including phenoxy) is 1. The number of carboxylic acids is 1. The molecule has 11 nitrogen and oxygen atoms in total. The molecular weight excluding hydrogens is 548 g/mol. The number of benzene rings is 2. The maximum Gasteiger partial charge on any atom is 0.335 e. The quantitative estimate of drug-likeness (QED) is 0.336. The van der Waals surface area contributed by atoms with Gasteiger partial charge in [-0.15, -0.1) is 0 Å². The summed E-state index contributed by atoms with van der Waals surface area (Å²) in [6, 6.07) is 14.6. The number of hydrogen-bond acceptors (Lipinski definition) is 7. The number of anilines is 2. The Morgan fingerprint density at radius 1 is 0.953 bits per heavy atom. The van der Waals surface area contributed by atoms with Gasteiger partial charge >= 0.3 is 5.97 Å². The summed E-state index contributed by atoms with van der Waals surface area (Å²) in [5.74, 6) is -1.74. The average Bonchev–Trinajstić information content (AvgIpc) is 3.55. The van der Waals surface area contributed by atoms with Crippen molar-refractivity contribution in [2.75, 3.05) is 37.0 Å². The van der Waals surface area contributed by atoms with Crippen LogP contribution in [-0.2, 0) is 16.0 Å². The van der Waals surface area contributed by atoms with Gasteiger partial charge in [0, 0.05) is 50.5 Å². The summed E-state index contributed by atoms with van der Waals surface area (Å²) in [4.78, 5) is 47.4. The summed E-state index contributed by atoms with van der Waals surface area (Å²) in [5, 5.41) is 16.5. The van der Waals surface area contributed by atoms with E-state index in [0.29, 0.717) is 29.9 Å². The van der Waals surface area contributed by atoms with Crippen molar-refractivity contribution in [3.63, 3.8) is 0 Å². The van der Waals surface area contributed by atoms with E-state index in [1.54, 1.807) is 53.5 Å².